The Balaban J connectivity index is 3.07. The molecule has 0 aliphatic heterocycles. The number of carbonyl (C=O) groups excluding carboxylic acids is 1. The van der Waals surface area contributed by atoms with Crippen LogP contribution in [0.2, 0.25) is 0 Å². The van der Waals surface area contributed by atoms with Crippen LogP contribution in [0.1, 0.15) is 24.0 Å². The van der Waals surface area contributed by atoms with Gasteiger partial charge in [0, 0.05) is 25.7 Å². The molecule has 14 heavy (non-hydrogen) atoms. The number of aryl methyl sites for hydroxylation is 1. The normalized spacial score (nSPS) is 12.3. The smallest absolute Gasteiger partial charge is 0.127 e. The Labute approximate surface area is 85.5 Å². The van der Waals surface area contributed by atoms with E-state index in [0.29, 0.717) is 0 Å². The maximum atomic E-state index is 10.7. The second-order valence-corrected chi connectivity index (χ2v) is 3.86. The standard InChI is InChI=1S/C12H17NO/c1-9-7-11(13(3)4)5-6-12(9)10(2)8-14/h5-8,10H,1-4H3. The first-order valence-electron chi connectivity index (χ1n) is 4.79. The molecule has 0 saturated carbocycles. The van der Waals surface area contributed by atoms with Crippen molar-refractivity contribution in [1.82, 2.24) is 0 Å². The van der Waals surface area contributed by atoms with Gasteiger partial charge in [-0.3, -0.25) is 0 Å². The van der Waals surface area contributed by atoms with Crippen molar-refractivity contribution in [2.45, 2.75) is 19.8 Å². The zero-order chi connectivity index (χ0) is 10.7. The third-order valence-corrected chi connectivity index (χ3v) is 2.46. The third kappa shape index (κ3) is 2.13. The quantitative estimate of drug-likeness (QED) is 0.684. The molecule has 2 nitrogen and oxygen atoms in total. The summed E-state index contributed by atoms with van der Waals surface area (Å²) >= 11 is 0. The molecule has 0 N–H and O–H groups in total. The number of hydrogen-bond donors (Lipinski definition) is 0. The van der Waals surface area contributed by atoms with Gasteiger partial charge in [0.05, 0.1) is 0 Å². The Morgan fingerprint density at radius 2 is 2.00 bits per heavy atom. The Hall–Kier alpha value is -1.31. The van der Waals surface area contributed by atoms with E-state index in [1.807, 2.05) is 40.1 Å². The summed E-state index contributed by atoms with van der Waals surface area (Å²) in [5.41, 5.74) is 3.46. The molecule has 0 aromatic heterocycles. The van der Waals surface area contributed by atoms with Crippen molar-refractivity contribution < 1.29 is 4.79 Å². The lowest BCUT2D eigenvalue weighted by atomic mass is 9.97. The van der Waals surface area contributed by atoms with Gasteiger partial charge in [-0.05, 0) is 30.2 Å². The topological polar surface area (TPSA) is 20.3 Å². The van der Waals surface area contributed by atoms with E-state index in [-0.39, 0.29) is 5.92 Å². The summed E-state index contributed by atoms with van der Waals surface area (Å²) in [5.74, 6) is -0.00814. The molecule has 0 aliphatic rings. The Morgan fingerprint density at radius 1 is 1.36 bits per heavy atom. The van der Waals surface area contributed by atoms with Gasteiger partial charge in [0.2, 0.25) is 0 Å². The average Bonchev–Trinajstić information content (AvgIpc) is 2.16. The van der Waals surface area contributed by atoms with E-state index < -0.39 is 0 Å². The summed E-state index contributed by atoms with van der Waals surface area (Å²) in [7, 11) is 4.02. The molecule has 0 amide bonds. The number of aldehydes is 1. The number of carbonyl (C=O) groups is 1. The molecule has 1 rings (SSSR count). The van der Waals surface area contributed by atoms with Crippen molar-refractivity contribution in [3.8, 4) is 0 Å². The molecule has 0 aliphatic carbocycles. The number of anilines is 1. The lowest BCUT2D eigenvalue weighted by molar-refractivity contribution is -0.108. The second kappa shape index (κ2) is 4.27. The summed E-state index contributed by atoms with van der Waals surface area (Å²) < 4.78 is 0. The SMILES string of the molecule is Cc1cc(N(C)C)ccc1C(C)C=O. The van der Waals surface area contributed by atoms with Crippen molar-refractivity contribution >= 4 is 12.0 Å². The van der Waals surface area contributed by atoms with E-state index in [1.54, 1.807) is 0 Å². The van der Waals surface area contributed by atoms with E-state index >= 15 is 0 Å². The van der Waals surface area contributed by atoms with Gasteiger partial charge in [-0.1, -0.05) is 13.0 Å². The van der Waals surface area contributed by atoms with Gasteiger partial charge in [-0.25, -0.2) is 0 Å². The fourth-order valence-electron chi connectivity index (χ4n) is 1.52. The molecule has 1 unspecified atom stereocenters. The zero-order valence-corrected chi connectivity index (χ0v) is 9.24. The highest BCUT2D eigenvalue weighted by Crippen LogP contribution is 2.22. The van der Waals surface area contributed by atoms with Crippen LogP contribution in [0, 0.1) is 6.92 Å². The van der Waals surface area contributed by atoms with Gasteiger partial charge >= 0.3 is 0 Å². The predicted molar refractivity (Wildman–Crippen MR) is 60.0 cm³/mol. The minimum absolute atomic E-state index is 0.00814. The van der Waals surface area contributed by atoms with Crippen molar-refractivity contribution in [2.75, 3.05) is 19.0 Å². The first-order valence-corrected chi connectivity index (χ1v) is 4.79. The van der Waals surface area contributed by atoms with Gasteiger partial charge in [0.25, 0.3) is 0 Å². The number of nitrogens with zero attached hydrogens (tertiary/aromatic N) is 1. The van der Waals surface area contributed by atoms with Gasteiger partial charge in [-0.2, -0.15) is 0 Å². The maximum absolute atomic E-state index is 10.7. The highest BCUT2D eigenvalue weighted by molar-refractivity contribution is 5.64. The molecule has 0 spiro atoms. The third-order valence-electron chi connectivity index (χ3n) is 2.46. The summed E-state index contributed by atoms with van der Waals surface area (Å²) in [6.45, 7) is 3.97. The van der Waals surface area contributed by atoms with Crippen LogP contribution in [0.3, 0.4) is 0 Å². The summed E-state index contributed by atoms with van der Waals surface area (Å²) in [6, 6.07) is 6.18. The number of hydrogen-bond acceptors (Lipinski definition) is 2. The monoisotopic (exact) mass is 191 g/mol. The van der Waals surface area contributed by atoms with Crippen molar-refractivity contribution in [3.05, 3.63) is 29.3 Å². The molecule has 76 valence electrons. The molecule has 1 aromatic carbocycles. The highest BCUT2D eigenvalue weighted by Gasteiger charge is 2.07. The number of rotatable bonds is 3. The van der Waals surface area contributed by atoms with E-state index in [2.05, 4.69) is 11.0 Å². The van der Waals surface area contributed by atoms with Crippen LogP contribution in [0.25, 0.3) is 0 Å². The molecule has 2 heteroatoms. The molecule has 1 aromatic rings. The van der Waals surface area contributed by atoms with E-state index in [1.165, 1.54) is 11.3 Å². The van der Waals surface area contributed by atoms with Gasteiger partial charge in [-0.15, -0.1) is 0 Å². The van der Waals surface area contributed by atoms with Crippen LogP contribution in [0.5, 0.6) is 0 Å². The minimum atomic E-state index is -0.00814. The zero-order valence-electron chi connectivity index (χ0n) is 9.24. The van der Waals surface area contributed by atoms with Gasteiger partial charge in [0.15, 0.2) is 0 Å². The first-order chi connectivity index (χ1) is 6.56. The minimum Gasteiger partial charge on any atom is -0.378 e. The molecule has 0 heterocycles. The van der Waals surface area contributed by atoms with E-state index in [9.17, 15) is 4.79 Å². The summed E-state index contributed by atoms with van der Waals surface area (Å²) in [5, 5.41) is 0. The average molecular weight is 191 g/mol. The fraction of sp³-hybridized carbons (Fsp3) is 0.417. The van der Waals surface area contributed by atoms with Crippen molar-refractivity contribution in [3.63, 3.8) is 0 Å². The molecule has 0 bridgehead atoms. The van der Waals surface area contributed by atoms with Crippen LogP contribution < -0.4 is 4.90 Å². The van der Waals surface area contributed by atoms with Crippen molar-refractivity contribution in [1.29, 1.82) is 0 Å². The molecule has 0 saturated heterocycles. The van der Waals surface area contributed by atoms with Gasteiger partial charge in [0.1, 0.15) is 6.29 Å². The van der Waals surface area contributed by atoms with Crippen LogP contribution in [-0.2, 0) is 4.79 Å². The summed E-state index contributed by atoms with van der Waals surface area (Å²) in [6.07, 6.45) is 0.984. The molecule has 0 fully saturated rings. The fourth-order valence-corrected chi connectivity index (χ4v) is 1.52. The Kier molecular flexibility index (Phi) is 3.28. The largest absolute Gasteiger partial charge is 0.378 e. The first kappa shape index (κ1) is 10.8. The lowest BCUT2D eigenvalue weighted by Crippen LogP contribution is -2.09. The van der Waals surface area contributed by atoms with Crippen molar-refractivity contribution in [2.24, 2.45) is 0 Å². The second-order valence-electron chi connectivity index (χ2n) is 3.86. The van der Waals surface area contributed by atoms with Crippen LogP contribution in [-0.4, -0.2) is 20.4 Å². The lowest BCUT2D eigenvalue weighted by Gasteiger charge is -2.16. The molecule has 0 radical (unpaired) electrons. The van der Waals surface area contributed by atoms with Crippen LogP contribution in [0.15, 0.2) is 18.2 Å². The number of benzene rings is 1. The van der Waals surface area contributed by atoms with Crippen LogP contribution >= 0.6 is 0 Å². The van der Waals surface area contributed by atoms with Gasteiger partial charge < -0.3 is 9.69 Å². The summed E-state index contributed by atoms with van der Waals surface area (Å²) in [4.78, 5) is 12.7. The molecular weight excluding hydrogens is 174 g/mol. The van der Waals surface area contributed by atoms with Crippen LogP contribution in [0.4, 0.5) is 5.69 Å². The van der Waals surface area contributed by atoms with E-state index in [4.69, 9.17) is 0 Å². The highest BCUT2D eigenvalue weighted by atomic mass is 16.1. The van der Waals surface area contributed by atoms with E-state index in [0.717, 1.165) is 11.8 Å². The molecular formula is C12H17NO. The Morgan fingerprint density at radius 3 is 2.43 bits per heavy atom. The predicted octanol–water partition coefficient (Wildman–Crippen LogP) is 2.36. The molecule has 1 atom stereocenters. The maximum Gasteiger partial charge on any atom is 0.127 e. The Bertz CT molecular complexity index is 331.